The number of aliphatic hydroxyl groups excluding tert-OH is 1. The molecule has 0 radical (unpaired) electrons. The summed E-state index contributed by atoms with van der Waals surface area (Å²) in [4.78, 5) is 14.7. The molecule has 0 aromatic rings. The zero-order valence-corrected chi connectivity index (χ0v) is 29.3. The van der Waals surface area contributed by atoms with E-state index in [2.05, 4.69) is 46.9 Å². The molecule has 260 valence electrons. The average Bonchev–Trinajstić information content (AvgIpc) is 3.61. The van der Waals surface area contributed by atoms with Crippen LogP contribution in [0, 0.1) is 51.2 Å². The van der Waals surface area contributed by atoms with Gasteiger partial charge in [-0.1, -0.05) is 41.5 Å². The fourth-order valence-electron chi connectivity index (χ4n) is 13.5. The van der Waals surface area contributed by atoms with Crippen molar-refractivity contribution in [3.63, 3.8) is 0 Å². The third kappa shape index (κ3) is 4.17. The highest BCUT2D eigenvalue weighted by Crippen LogP contribution is 2.87. The van der Waals surface area contributed by atoms with Crippen molar-refractivity contribution in [1.29, 1.82) is 0 Å². The van der Waals surface area contributed by atoms with Gasteiger partial charge in [-0.2, -0.15) is 0 Å². The predicted molar refractivity (Wildman–Crippen MR) is 174 cm³/mol. The Morgan fingerprint density at radius 3 is 2.48 bits per heavy atom. The fraction of sp³-hybridized carbons (Fsp3) is 0.973. The molecule has 8 fully saturated rings. The van der Waals surface area contributed by atoms with E-state index in [-0.39, 0.29) is 76.2 Å². The Bertz CT molecular complexity index is 1210. The highest BCUT2D eigenvalue weighted by atomic mass is 16.7. The van der Waals surface area contributed by atoms with Crippen LogP contribution < -0.4 is 11.1 Å². The van der Waals surface area contributed by atoms with E-state index in [1.807, 2.05) is 0 Å². The van der Waals surface area contributed by atoms with Gasteiger partial charge in [0.05, 0.1) is 36.6 Å². The molecule has 2 spiro atoms. The zero-order chi connectivity index (χ0) is 32.4. The quantitative estimate of drug-likeness (QED) is 0.396. The summed E-state index contributed by atoms with van der Waals surface area (Å²) in [6, 6.07) is 0. The van der Waals surface area contributed by atoms with Crippen molar-refractivity contribution in [3.05, 3.63) is 0 Å². The van der Waals surface area contributed by atoms with Crippen molar-refractivity contribution in [2.45, 2.75) is 142 Å². The molecule has 5 aliphatic carbocycles. The van der Waals surface area contributed by atoms with Gasteiger partial charge < -0.3 is 40.0 Å². The third-order valence-corrected chi connectivity index (χ3v) is 15.8. The topological polar surface area (TPSA) is 116 Å². The van der Waals surface area contributed by atoms with E-state index in [1.54, 1.807) is 4.90 Å². The maximum atomic E-state index is 12.9. The van der Waals surface area contributed by atoms with E-state index in [0.29, 0.717) is 18.4 Å². The lowest BCUT2D eigenvalue weighted by atomic mass is 9.43. The van der Waals surface area contributed by atoms with E-state index >= 15 is 0 Å². The van der Waals surface area contributed by atoms with Crippen molar-refractivity contribution >= 4 is 6.09 Å². The molecule has 8 aliphatic rings. The molecule has 3 saturated heterocycles. The largest absolute Gasteiger partial charge is 0.443 e. The fourth-order valence-corrected chi connectivity index (χ4v) is 13.5. The standard InChI is InChI=1S/C37H61N3O6/c1-21(2)29(46-32(42)40-15-7-16-40)23-18-22(3)28-30(44-23)31(41)37(38)25-9-8-24-33(4,5)26(45-27-19-39-14-17-43-27)10-11-35(24)20-36(25,35)13-12-34(28,37)6/h21-31,39,41H,7-20,38H2,1-6H3. The molecule has 14 atom stereocenters. The molecule has 3 aliphatic heterocycles. The maximum absolute atomic E-state index is 12.9. The molecule has 1 amide bonds. The second-order valence-corrected chi connectivity index (χ2v) is 18.3. The molecule has 3 heterocycles. The summed E-state index contributed by atoms with van der Waals surface area (Å²) in [7, 11) is 0. The molecule has 0 aromatic carbocycles. The number of nitrogens with zero attached hydrogens (tertiary/aromatic N) is 1. The Labute approximate surface area is 276 Å². The smallest absolute Gasteiger partial charge is 0.410 e. The molecule has 0 bridgehead atoms. The van der Waals surface area contributed by atoms with Gasteiger partial charge in [0.25, 0.3) is 0 Å². The Kier molecular flexibility index (Phi) is 7.55. The number of aliphatic hydroxyl groups is 1. The van der Waals surface area contributed by atoms with Gasteiger partial charge >= 0.3 is 6.09 Å². The first-order valence-corrected chi connectivity index (χ1v) is 18.9. The molecule has 5 saturated carbocycles. The van der Waals surface area contributed by atoms with Gasteiger partial charge in [-0.15, -0.1) is 0 Å². The van der Waals surface area contributed by atoms with Crippen LogP contribution in [0.15, 0.2) is 0 Å². The summed E-state index contributed by atoms with van der Waals surface area (Å²) >= 11 is 0. The number of nitrogens with two attached hydrogens (primary N) is 1. The summed E-state index contributed by atoms with van der Waals surface area (Å²) in [5, 5.41) is 15.9. The minimum Gasteiger partial charge on any atom is -0.443 e. The molecule has 9 nitrogen and oxygen atoms in total. The lowest BCUT2D eigenvalue weighted by Crippen LogP contribution is -2.70. The number of amides is 1. The Hall–Kier alpha value is -0.970. The van der Waals surface area contributed by atoms with Crippen LogP contribution in [0.4, 0.5) is 4.79 Å². The van der Waals surface area contributed by atoms with Crippen LogP contribution in [0.2, 0.25) is 0 Å². The van der Waals surface area contributed by atoms with Gasteiger partial charge in [-0.25, -0.2) is 4.79 Å². The lowest BCUT2D eigenvalue weighted by Gasteiger charge is -2.63. The Morgan fingerprint density at radius 1 is 1.07 bits per heavy atom. The summed E-state index contributed by atoms with van der Waals surface area (Å²) in [6.45, 7) is 17.8. The summed E-state index contributed by atoms with van der Waals surface area (Å²) in [6.07, 6.45) is 7.98. The first-order valence-electron chi connectivity index (χ1n) is 18.9. The number of hydrogen-bond donors (Lipinski definition) is 3. The van der Waals surface area contributed by atoms with Gasteiger partial charge in [0, 0.05) is 26.2 Å². The summed E-state index contributed by atoms with van der Waals surface area (Å²) in [5.41, 5.74) is 7.47. The van der Waals surface area contributed by atoms with E-state index in [9.17, 15) is 9.90 Å². The highest BCUT2D eigenvalue weighted by Gasteiger charge is 2.85. The molecule has 46 heavy (non-hydrogen) atoms. The SMILES string of the molecule is CC(C)C(OC(=O)N1CCC1)C1CC(C)C2C(O1)C(O)C1(N)C3CCC4C(C)(C)C(OC5CNCCO5)CCC45CC35CCC21C. The van der Waals surface area contributed by atoms with Gasteiger partial charge in [-0.05, 0) is 109 Å². The van der Waals surface area contributed by atoms with Crippen molar-refractivity contribution in [1.82, 2.24) is 10.2 Å². The van der Waals surface area contributed by atoms with Crippen LogP contribution in [-0.4, -0.2) is 91.2 Å². The lowest BCUT2D eigenvalue weighted by molar-refractivity contribution is -0.233. The summed E-state index contributed by atoms with van der Waals surface area (Å²) in [5.74, 6) is 1.51. The van der Waals surface area contributed by atoms with Crippen LogP contribution in [0.3, 0.4) is 0 Å². The van der Waals surface area contributed by atoms with Crippen molar-refractivity contribution in [3.8, 4) is 0 Å². The number of rotatable bonds is 5. The highest BCUT2D eigenvalue weighted by molar-refractivity contribution is 5.68. The first-order chi connectivity index (χ1) is 21.8. The van der Waals surface area contributed by atoms with Crippen LogP contribution in [0.1, 0.15) is 99.3 Å². The van der Waals surface area contributed by atoms with Crippen LogP contribution in [-0.2, 0) is 18.9 Å². The van der Waals surface area contributed by atoms with Crippen molar-refractivity contribution in [2.75, 3.05) is 32.8 Å². The Morgan fingerprint density at radius 2 is 1.80 bits per heavy atom. The molecule has 9 heteroatoms. The van der Waals surface area contributed by atoms with Crippen LogP contribution >= 0.6 is 0 Å². The normalized spacial score (nSPS) is 52.7. The Balaban J connectivity index is 1.04. The number of likely N-dealkylation sites (tertiary alicyclic amines) is 1. The van der Waals surface area contributed by atoms with Crippen molar-refractivity contribution in [2.24, 2.45) is 57.0 Å². The molecular weight excluding hydrogens is 582 g/mol. The van der Waals surface area contributed by atoms with E-state index in [0.717, 1.165) is 64.7 Å². The monoisotopic (exact) mass is 643 g/mol. The van der Waals surface area contributed by atoms with Crippen molar-refractivity contribution < 1.29 is 28.8 Å². The van der Waals surface area contributed by atoms with E-state index in [4.69, 9.17) is 24.7 Å². The number of carbonyl (C=O) groups excluding carboxylic acids is 1. The molecule has 0 aromatic heterocycles. The molecule has 4 N–H and O–H groups in total. The molecular formula is C37H61N3O6. The van der Waals surface area contributed by atoms with Crippen LogP contribution in [0.5, 0.6) is 0 Å². The number of fused-ring (bicyclic) bond motifs is 4. The van der Waals surface area contributed by atoms with Crippen LogP contribution in [0.25, 0.3) is 0 Å². The average molecular weight is 644 g/mol. The van der Waals surface area contributed by atoms with E-state index in [1.165, 1.54) is 19.3 Å². The van der Waals surface area contributed by atoms with E-state index < -0.39 is 11.6 Å². The van der Waals surface area contributed by atoms with Gasteiger partial charge in [0.15, 0.2) is 6.29 Å². The maximum Gasteiger partial charge on any atom is 0.410 e. The third-order valence-electron chi connectivity index (χ3n) is 15.8. The minimum absolute atomic E-state index is 0.0580. The molecule has 8 rings (SSSR count). The molecule has 14 unspecified atom stereocenters. The predicted octanol–water partition coefficient (Wildman–Crippen LogP) is 4.69. The number of ether oxygens (including phenoxy) is 4. The minimum atomic E-state index is -0.730. The second-order valence-electron chi connectivity index (χ2n) is 18.3. The van der Waals surface area contributed by atoms with Gasteiger partial charge in [0.2, 0.25) is 0 Å². The number of carbonyl (C=O) groups is 1. The number of hydrogen-bond acceptors (Lipinski definition) is 8. The number of morpholine rings is 1. The summed E-state index contributed by atoms with van der Waals surface area (Å²) < 4.78 is 25.7. The van der Waals surface area contributed by atoms with Gasteiger partial charge in [0.1, 0.15) is 6.10 Å². The van der Waals surface area contributed by atoms with Gasteiger partial charge in [-0.3, -0.25) is 0 Å². The number of nitrogens with one attached hydrogen (secondary N) is 1. The zero-order valence-electron chi connectivity index (χ0n) is 29.3. The second kappa shape index (κ2) is 10.8. The first kappa shape index (κ1) is 32.2.